The Morgan fingerprint density at radius 2 is 1.71 bits per heavy atom. The number of benzene rings is 2. The first-order chi connectivity index (χ1) is 8.24. The molecule has 0 spiro atoms. The summed E-state index contributed by atoms with van der Waals surface area (Å²) >= 11 is 0. The Kier molecular flexibility index (Phi) is 3.38. The average Bonchev–Trinajstić information content (AvgIpc) is 2.38. The van der Waals surface area contributed by atoms with E-state index in [0.717, 1.165) is 28.7 Å². The van der Waals surface area contributed by atoms with Crippen LogP contribution < -0.4 is 0 Å². The fourth-order valence-electron chi connectivity index (χ4n) is 2.08. The van der Waals surface area contributed by atoms with Crippen molar-refractivity contribution in [2.75, 3.05) is 0 Å². The lowest BCUT2D eigenvalue weighted by Gasteiger charge is -2.10. The summed E-state index contributed by atoms with van der Waals surface area (Å²) in [4.78, 5) is 12.4. The molecule has 0 heterocycles. The van der Waals surface area contributed by atoms with Gasteiger partial charge in [-0.25, -0.2) is 0 Å². The van der Waals surface area contributed by atoms with Crippen LogP contribution in [0.3, 0.4) is 0 Å². The van der Waals surface area contributed by atoms with Crippen LogP contribution in [-0.4, -0.2) is 5.78 Å². The van der Waals surface area contributed by atoms with Crippen molar-refractivity contribution in [3.63, 3.8) is 0 Å². The minimum atomic E-state index is 0.126. The molecule has 0 saturated heterocycles. The van der Waals surface area contributed by atoms with Gasteiger partial charge >= 0.3 is 0 Å². The fraction of sp³-hybridized carbons (Fsp3) is 0.188. The van der Waals surface area contributed by atoms with E-state index in [2.05, 4.69) is 6.92 Å². The SMILES string of the molecule is CCc1cccc(C)c1C(=O)c1ccccc1. The molecule has 0 unspecified atom stereocenters. The van der Waals surface area contributed by atoms with Crippen LogP contribution in [0.1, 0.15) is 34.0 Å². The maximum Gasteiger partial charge on any atom is 0.193 e. The van der Waals surface area contributed by atoms with Crippen molar-refractivity contribution in [2.45, 2.75) is 20.3 Å². The largest absolute Gasteiger partial charge is 0.289 e. The van der Waals surface area contributed by atoms with Crippen molar-refractivity contribution in [3.05, 3.63) is 70.8 Å². The summed E-state index contributed by atoms with van der Waals surface area (Å²) < 4.78 is 0. The van der Waals surface area contributed by atoms with Gasteiger partial charge in [0.15, 0.2) is 5.78 Å². The van der Waals surface area contributed by atoms with Crippen molar-refractivity contribution < 1.29 is 4.79 Å². The zero-order valence-corrected chi connectivity index (χ0v) is 10.2. The highest BCUT2D eigenvalue weighted by Crippen LogP contribution is 2.19. The minimum Gasteiger partial charge on any atom is -0.289 e. The zero-order chi connectivity index (χ0) is 12.3. The first kappa shape index (κ1) is 11.6. The summed E-state index contributed by atoms with van der Waals surface area (Å²) in [6, 6.07) is 15.5. The average molecular weight is 224 g/mol. The van der Waals surface area contributed by atoms with Gasteiger partial charge in [0, 0.05) is 11.1 Å². The molecule has 0 aliphatic heterocycles. The Morgan fingerprint density at radius 1 is 1.00 bits per heavy atom. The van der Waals surface area contributed by atoms with E-state index in [-0.39, 0.29) is 5.78 Å². The van der Waals surface area contributed by atoms with Crippen molar-refractivity contribution in [2.24, 2.45) is 0 Å². The van der Waals surface area contributed by atoms with Gasteiger partial charge in [-0.05, 0) is 24.5 Å². The van der Waals surface area contributed by atoms with Gasteiger partial charge in [-0.1, -0.05) is 55.5 Å². The smallest absolute Gasteiger partial charge is 0.193 e. The Hall–Kier alpha value is -1.89. The lowest BCUT2D eigenvalue weighted by Crippen LogP contribution is -2.07. The third-order valence-corrected chi connectivity index (χ3v) is 3.00. The molecule has 0 atom stereocenters. The molecule has 2 aromatic rings. The van der Waals surface area contributed by atoms with Crippen molar-refractivity contribution in [1.82, 2.24) is 0 Å². The van der Waals surface area contributed by atoms with E-state index >= 15 is 0 Å². The molecule has 0 bridgehead atoms. The van der Waals surface area contributed by atoms with Crippen LogP contribution >= 0.6 is 0 Å². The van der Waals surface area contributed by atoms with Crippen LogP contribution in [0.4, 0.5) is 0 Å². The van der Waals surface area contributed by atoms with Gasteiger partial charge in [0.05, 0.1) is 0 Å². The molecule has 1 nitrogen and oxygen atoms in total. The lowest BCUT2D eigenvalue weighted by molar-refractivity contribution is 0.103. The van der Waals surface area contributed by atoms with Gasteiger partial charge in [0.1, 0.15) is 0 Å². The molecular weight excluding hydrogens is 208 g/mol. The second-order valence-corrected chi connectivity index (χ2v) is 4.16. The Balaban J connectivity index is 2.51. The van der Waals surface area contributed by atoms with Gasteiger partial charge in [-0.15, -0.1) is 0 Å². The Bertz CT molecular complexity index is 526. The second-order valence-electron chi connectivity index (χ2n) is 4.16. The van der Waals surface area contributed by atoms with E-state index in [1.165, 1.54) is 0 Å². The molecule has 0 amide bonds. The topological polar surface area (TPSA) is 17.1 Å². The highest BCUT2D eigenvalue weighted by molar-refractivity contribution is 6.10. The highest BCUT2D eigenvalue weighted by Gasteiger charge is 2.14. The predicted molar refractivity (Wildman–Crippen MR) is 70.4 cm³/mol. The summed E-state index contributed by atoms with van der Waals surface area (Å²) in [5.41, 5.74) is 3.80. The van der Waals surface area contributed by atoms with Crippen molar-refractivity contribution in [1.29, 1.82) is 0 Å². The molecule has 2 aromatic carbocycles. The summed E-state index contributed by atoms with van der Waals surface area (Å²) in [6.07, 6.45) is 0.885. The third-order valence-electron chi connectivity index (χ3n) is 3.00. The summed E-state index contributed by atoms with van der Waals surface area (Å²) in [7, 11) is 0. The molecule has 0 saturated carbocycles. The molecule has 86 valence electrons. The van der Waals surface area contributed by atoms with Gasteiger partial charge in [-0.3, -0.25) is 4.79 Å². The van der Waals surface area contributed by atoms with Gasteiger partial charge in [-0.2, -0.15) is 0 Å². The van der Waals surface area contributed by atoms with Crippen LogP contribution in [0.15, 0.2) is 48.5 Å². The molecule has 0 radical (unpaired) electrons. The lowest BCUT2D eigenvalue weighted by atomic mass is 9.93. The maximum atomic E-state index is 12.4. The van der Waals surface area contributed by atoms with Crippen LogP contribution in [0.2, 0.25) is 0 Å². The monoisotopic (exact) mass is 224 g/mol. The molecule has 0 aliphatic rings. The zero-order valence-electron chi connectivity index (χ0n) is 10.2. The van der Waals surface area contributed by atoms with Crippen molar-refractivity contribution >= 4 is 5.78 Å². The Morgan fingerprint density at radius 3 is 2.35 bits per heavy atom. The van der Waals surface area contributed by atoms with E-state index in [9.17, 15) is 4.79 Å². The predicted octanol–water partition coefficient (Wildman–Crippen LogP) is 3.79. The van der Waals surface area contributed by atoms with E-state index in [1.807, 2.05) is 55.5 Å². The maximum absolute atomic E-state index is 12.4. The summed E-state index contributed by atoms with van der Waals surface area (Å²) in [5, 5.41) is 0. The van der Waals surface area contributed by atoms with Gasteiger partial charge in [0.2, 0.25) is 0 Å². The molecule has 2 rings (SSSR count). The van der Waals surface area contributed by atoms with E-state index in [1.54, 1.807) is 0 Å². The molecule has 0 aromatic heterocycles. The third kappa shape index (κ3) is 2.28. The number of rotatable bonds is 3. The summed E-state index contributed by atoms with van der Waals surface area (Å²) in [6.45, 7) is 4.08. The molecule has 0 N–H and O–H groups in total. The van der Waals surface area contributed by atoms with Crippen LogP contribution in [0, 0.1) is 6.92 Å². The number of hydrogen-bond donors (Lipinski definition) is 0. The first-order valence-corrected chi connectivity index (χ1v) is 5.92. The molecular formula is C16H16O. The van der Waals surface area contributed by atoms with E-state index in [4.69, 9.17) is 0 Å². The fourth-order valence-corrected chi connectivity index (χ4v) is 2.08. The number of carbonyl (C=O) groups is 1. The van der Waals surface area contributed by atoms with Crippen LogP contribution in [0.25, 0.3) is 0 Å². The van der Waals surface area contributed by atoms with Crippen LogP contribution in [-0.2, 0) is 6.42 Å². The number of hydrogen-bond acceptors (Lipinski definition) is 1. The molecule has 0 aliphatic carbocycles. The molecule has 1 heteroatoms. The normalized spacial score (nSPS) is 10.2. The highest BCUT2D eigenvalue weighted by atomic mass is 16.1. The molecule has 0 fully saturated rings. The van der Waals surface area contributed by atoms with Gasteiger partial charge in [0.25, 0.3) is 0 Å². The Labute approximate surface area is 102 Å². The summed E-state index contributed by atoms with van der Waals surface area (Å²) in [5.74, 6) is 0.126. The quantitative estimate of drug-likeness (QED) is 0.725. The second kappa shape index (κ2) is 4.96. The van der Waals surface area contributed by atoms with E-state index < -0.39 is 0 Å². The number of aryl methyl sites for hydroxylation is 2. The minimum absolute atomic E-state index is 0.126. The number of carbonyl (C=O) groups excluding carboxylic acids is 1. The van der Waals surface area contributed by atoms with Crippen molar-refractivity contribution in [3.8, 4) is 0 Å². The van der Waals surface area contributed by atoms with Crippen LogP contribution in [0.5, 0.6) is 0 Å². The van der Waals surface area contributed by atoms with Gasteiger partial charge < -0.3 is 0 Å². The molecule has 17 heavy (non-hydrogen) atoms. The standard InChI is InChI=1S/C16H16O/c1-3-13-11-7-8-12(2)15(13)16(17)14-9-5-4-6-10-14/h4-11H,3H2,1-2H3. The van der Waals surface area contributed by atoms with E-state index in [0.29, 0.717) is 0 Å². The first-order valence-electron chi connectivity index (χ1n) is 5.92. The number of ketones is 1.